The minimum absolute atomic E-state index is 0.800. The monoisotopic (exact) mass is 1320 g/mol. The molecule has 558 valence electrons. The largest absolute Gasteiger partial charge is 0.0625 e. The number of fused-ring (bicyclic) bond motifs is 5. The Labute approximate surface area is 600 Å². The van der Waals surface area contributed by atoms with Gasteiger partial charge in [0.25, 0.3) is 0 Å². The van der Waals surface area contributed by atoms with Gasteiger partial charge in [0.15, 0.2) is 0 Å². The van der Waals surface area contributed by atoms with Crippen molar-refractivity contribution in [2.45, 2.75) is 480 Å². The molecular formula is C95H178. The molecule has 19 aliphatic rings. The van der Waals surface area contributed by atoms with Gasteiger partial charge in [0.2, 0.25) is 0 Å². The van der Waals surface area contributed by atoms with Gasteiger partial charge in [-0.2, -0.15) is 0 Å². The van der Waals surface area contributed by atoms with Crippen LogP contribution in [0.3, 0.4) is 0 Å². The average molecular weight is 1320 g/mol. The Bertz CT molecular complexity index is 1690. The van der Waals surface area contributed by atoms with E-state index in [0.717, 1.165) is 124 Å². The highest BCUT2D eigenvalue weighted by Crippen LogP contribution is 2.60. The molecule has 19 saturated carbocycles. The van der Waals surface area contributed by atoms with Crippen LogP contribution in [0.2, 0.25) is 0 Å². The quantitative estimate of drug-likeness (QED) is 0.212. The molecule has 0 heteroatoms. The molecule has 19 fully saturated rings. The molecule has 0 aromatic carbocycles. The molecule has 0 N–H and O–H groups in total. The molecule has 12 bridgehead atoms. The van der Waals surface area contributed by atoms with E-state index in [2.05, 4.69) is 69.2 Å². The average Bonchev–Trinajstić information content (AvgIpc) is 1.51. The van der Waals surface area contributed by atoms with E-state index in [1.54, 1.807) is 128 Å². The van der Waals surface area contributed by atoms with Crippen molar-refractivity contribution in [3.8, 4) is 0 Å². The Balaban J connectivity index is 0.000000153. The Hall–Kier alpha value is 0. The van der Waals surface area contributed by atoms with Crippen molar-refractivity contribution in [1.29, 1.82) is 0 Å². The van der Waals surface area contributed by atoms with Gasteiger partial charge in [-0.25, -0.2) is 0 Å². The second-order valence-corrected chi connectivity index (χ2v) is 40.1. The number of rotatable bonds is 0. The summed E-state index contributed by atoms with van der Waals surface area (Å²) < 4.78 is 0. The van der Waals surface area contributed by atoms with Gasteiger partial charge in [-0.05, 0) is 233 Å². The zero-order valence-electron chi connectivity index (χ0n) is 67.3. The maximum Gasteiger partial charge on any atom is -0.0318 e. The van der Waals surface area contributed by atoms with Crippen LogP contribution in [0.15, 0.2) is 0 Å². The molecule has 95 heavy (non-hydrogen) atoms. The van der Waals surface area contributed by atoms with Crippen LogP contribution in [0.4, 0.5) is 0 Å². The van der Waals surface area contributed by atoms with Gasteiger partial charge in [-0.1, -0.05) is 371 Å². The topological polar surface area (TPSA) is 0 Å². The molecule has 4 atom stereocenters. The Morgan fingerprint density at radius 2 is 0.389 bits per heavy atom. The van der Waals surface area contributed by atoms with Crippen molar-refractivity contribution in [2.75, 3.05) is 0 Å². The van der Waals surface area contributed by atoms with Crippen LogP contribution in [0.1, 0.15) is 480 Å². The molecule has 19 aliphatic carbocycles. The number of hydrogen-bond acceptors (Lipinski definition) is 0. The second-order valence-electron chi connectivity index (χ2n) is 40.1. The molecule has 19 rings (SSSR count). The summed E-state index contributed by atoms with van der Waals surface area (Å²) in [5.74, 6) is 22.0. The number of hydrogen-bond donors (Lipinski definition) is 0. The van der Waals surface area contributed by atoms with Crippen LogP contribution < -0.4 is 0 Å². The molecule has 0 nitrogen and oxygen atoms in total. The first-order chi connectivity index (χ1) is 46.1. The van der Waals surface area contributed by atoms with E-state index < -0.39 is 0 Å². The van der Waals surface area contributed by atoms with Crippen LogP contribution in [0.5, 0.6) is 0 Å². The van der Waals surface area contributed by atoms with Crippen molar-refractivity contribution < 1.29 is 0 Å². The Morgan fingerprint density at radius 1 is 0.168 bits per heavy atom. The molecule has 0 radical (unpaired) electrons. The fraction of sp³-hybridized carbons (Fsp3) is 1.00. The van der Waals surface area contributed by atoms with E-state index in [-0.39, 0.29) is 0 Å². The third-order valence-corrected chi connectivity index (χ3v) is 30.4. The summed E-state index contributed by atoms with van der Waals surface area (Å²) in [4.78, 5) is 0. The van der Waals surface area contributed by atoms with Crippen LogP contribution >= 0.6 is 0 Å². The molecule has 4 unspecified atom stereocenters. The standard InChI is InChI=1S/C21H42.2C11H18.C9H16.C9H18.C8H14.C8H16.C7H14.C6H12.C5H10/c1-21-19-17-15-13-11-9-7-5-3-2-4-6-8-10-12-14-16-18-20-21;1-11-5-8-2-9(6-11)4-10(3-8)7-11;1-7-10-3-8-2-9(5-10)6-11(7)4-8;1-7-6-8-2-4-9(7)5-3-8;1-9-7-5-3-2-4-6-8-9;1-6-4-7-2-3-8(6)5-7;1-8-6-4-2-3-5-7-8;1-7-5-3-2-4-6-7;1-6-4-2-3-5-6;1-5-3-2-4-5/h21H,2-20H2,1H3;8-10H,2-7H2,1H3;7-11H,2-6H2,1H3;7-9H,2-6H2,1H3;9H,2-8H2,1H3;6-8H,2-5H2,1H3;8H,2-7H2,1H3;7H,2-6H2,1H3;6H,2-5H2,1H3;5H,2-4H2,1H3. The zero-order chi connectivity index (χ0) is 67.3. The molecule has 0 aliphatic heterocycles. The summed E-state index contributed by atoms with van der Waals surface area (Å²) in [6.07, 6.45) is 97.0. The normalized spacial score (nSPS) is 37.8. The first kappa shape index (κ1) is 82.3. The van der Waals surface area contributed by atoms with Crippen LogP contribution in [0, 0.1) is 124 Å². The minimum Gasteiger partial charge on any atom is -0.0625 e. The van der Waals surface area contributed by atoms with Gasteiger partial charge >= 0.3 is 0 Å². The highest BCUT2D eigenvalue weighted by Gasteiger charge is 2.49. The highest BCUT2D eigenvalue weighted by molar-refractivity contribution is 4.99. The predicted octanol–water partition coefficient (Wildman–Crippen LogP) is 32.6. The SMILES string of the molecule is CC12CC3CC(CC(C3)C1)C2.CC1C2CC3CC(C2)CC1C3.CC1CC2CCC1C2.CC1CC2CCC1CC2.CC1CCC1.CC1CCCC1.CC1CCCCC1.CC1CCCCCC1.CC1CCCCCCC1.CC1CCCCCCCCCCCCCCCCCCC1. The highest BCUT2D eigenvalue weighted by atomic mass is 14.5. The van der Waals surface area contributed by atoms with E-state index in [1.165, 1.54) is 283 Å². The van der Waals surface area contributed by atoms with Gasteiger partial charge in [0.05, 0.1) is 0 Å². The zero-order valence-corrected chi connectivity index (χ0v) is 67.3. The first-order valence-electron chi connectivity index (χ1n) is 46.1. The molecule has 0 amide bonds. The lowest BCUT2D eigenvalue weighted by atomic mass is 9.50. The van der Waals surface area contributed by atoms with E-state index in [4.69, 9.17) is 0 Å². The molecule has 0 aromatic heterocycles. The summed E-state index contributed by atoms with van der Waals surface area (Å²) >= 11 is 0. The molecule has 0 aromatic rings. The lowest BCUT2D eigenvalue weighted by molar-refractivity contribution is -0.0411. The molecule has 0 spiro atoms. The lowest BCUT2D eigenvalue weighted by Crippen LogP contribution is -2.44. The fourth-order valence-corrected chi connectivity index (χ4v) is 24.0. The van der Waals surface area contributed by atoms with Crippen molar-refractivity contribution in [3.63, 3.8) is 0 Å². The van der Waals surface area contributed by atoms with Gasteiger partial charge in [-0.15, -0.1) is 0 Å². The molecular weight excluding hydrogens is 1140 g/mol. The van der Waals surface area contributed by atoms with Gasteiger partial charge < -0.3 is 0 Å². The summed E-state index contributed by atoms with van der Waals surface area (Å²) in [5, 5.41) is 0. The summed E-state index contributed by atoms with van der Waals surface area (Å²) in [7, 11) is 0. The van der Waals surface area contributed by atoms with E-state index in [0.29, 0.717) is 0 Å². The van der Waals surface area contributed by atoms with Crippen molar-refractivity contribution in [3.05, 3.63) is 0 Å². The summed E-state index contributed by atoms with van der Waals surface area (Å²) in [6, 6.07) is 0. The molecule has 0 heterocycles. The van der Waals surface area contributed by atoms with Crippen molar-refractivity contribution in [2.24, 2.45) is 124 Å². The minimum atomic E-state index is 0.800. The fourth-order valence-electron chi connectivity index (χ4n) is 24.0. The van der Waals surface area contributed by atoms with Gasteiger partial charge in [0, 0.05) is 0 Å². The third-order valence-electron chi connectivity index (χ3n) is 30.4. The Morgan fingerprint density at radius 3 is 0.579 bits per heavy atom. The maximum absolute atomic E-state index is 2.54. The van der Waals surface area contributed by atoms with E-state index in [9.17, 15) is 0 Å². The Kier molecular flexibility index (Phi) is 41.7. The van der Waals surface area contributed by atoms with E-state index >= 15 is 0 Å². The van der Waals surface area contributed by atoms with Crippen LogP contribution in [-0.4, -0.2) is 0 Å². The lowest BCUT2D eigenvalue weighted by Gasteiger charge is -2.55. The first-order valence-corrected chi connectivity index (χ1v) is 46.1. The summed E-state index contributed by atoms with van der Waals surface area (Å²) in [5.41, 5.74) is 0.800. The van der Waals surface area contributed by atoms with E-state index in [1.807, 2.05) is 0 Å². The van der Waals surface area contributed by atoms with Gasteiger partial charge in [0.1, 0.15) is 0 Å². The third kappa shape index (κ3) is 34.4. The molecule has 0 saturated heterocycles. The predicted molar refractivity (Wildman–Crippen MR) is 424 cm³/mol. The van der Waals surface area contributed by atoms with Crippen molar-refractivity contribution in [1.82, 2.24) is 0 Å². The summed E-state index contributed by atoms with van der Waals surface area (Å²) in [6.45, 7) is 24.2. The maximum atomic E-state index is 2.54. The van der Waals surface area contributed by atoms with Crippen molar-refractivity contribution >= 4 is 0 Å². The second kappa shape index (κ2) is 48.1. The smallest absolute Gasteiger partial charge is 0.0318 e. The van der Waals surface area contributed by atoms with Crippen LogP contribution in [-0.2, 0) is 0 Å². The van der Waals surface area contributed by atoms with Crippen LogP contribution in [0.25, 0.3) is 0 Å². The van der Waals surface area contributed by atoms with Gasteiger partial charge in [-0.3, -0.25) is 0 Å².